The Morgan fingerprint density at radius 2 is 1.12 bits per heavy atom. The molecule has 34 heavy (non-hydrogen) atoms. The number of rotatable bonds is 5. The number of halogens is 3. The van der Waals surface area contributed by atoms with Gasteiger partial charge in [0, 0.05) is 24.2 Å². The standard InChI is InChI=1S/C28H20F3N3/c29-28(30,31)25-16-21(17-32-18-25)26-19-34(20-33-26)27(22-10-4-1-5-11-22,23-12-6-2-7-13-23)24-14-8-3-9-15-24/h1-20H. The van der Waals surface area contributed by atoms with Gasteiger partial charge in [-0.15, -0.1) is 0 Å². The van der Waals surface area contributed by atoms with Crippen LogP contribution in [0, 0.1) is 0 Å². The lowest BCUT2D eigenvalue weighted by Gasteiger charge is -2.37. The minimum Gasteiger partial charge on any atom is -0.318 e. The Kier molecular flexibility index (Phi) is 5.49. The van der Waals surface area contributed by atoms with E-state index in [0.29, 0.717) is 11.3 Å². The maximum absolute atomic E-state index is 13.3. The summed E-state index contributed by atoms with van der Waals surface area (Å²) < 4.78 is 41.8. The summed E-state index contributed by atoms with van der Waals surface area (Å²) in [5.74, 6) is 0. The molecule has 0 amide bonds. The summed E-state index contributed by atoms with van der Waals surface area (Å²) >= 11 is 0. The number of aromatic nitrogens is 3. The smallest absolute Gasteiger partial charge is 0.318 e. The summed E-state index contributed by atoms with van der Waals surface area (Å²) in [6.45, 7) is 0. The number of alkyl halides is 3. The second-order valence-corrected chi connectivity index (χ2v) is 7.93. The van der Waals surface area contributed by atoms with Crippen molar-refractivity contribution in [2.75, 3.05) is 0 Å². The molecule has 2 aromatic heterocycles. The lowest BCUT2D eigenvalue weighted by Crippen LogP contribution is -2.36. The molecule has 0 aliphatic heterocycles. The molecule has 6 heteroatoms. The van der Waals surface area contributed by atoms with Crippen LogP contribution in [-0.4, -0.2) is 14.5 Å². The second-order valence-electron chi connectivity index (χ2n) is 7.93. The highest BCUT2D eigenvalue weighted by Crippen LogP contribution is 2.41. The van der Waals surface area contributed by atoms with Gasteiger partial charge in [-0.05, 0) is 22.8 Å². The first-order chi connectivity index (χ1) is 16.5. The zero-order valence-corrected chi connectivity index (χ0v) is 18.0. The first-order valence-electron chi connectivity index (χ1n) is 10.7. The Morgan fingerprint density at radius 3 is 1.59 bits per heavy atom. The van der Waals surface area contributed by atoms with Crippen LogP contribution in [0.1, 0.15) is 22.3 Å². The molecule has 0 radical (unpaired) electrons. The highest BCUT2D eigenvalue weighted by Gasteiger charge is 2.38. The van der Waals surface area contributed by atoms with Gasteiger partial charge in [0.25, 0.3) is 0 Å². The molecule has 0 aliphatic carbocycles. The van der Waals surface area contributed by atoms with Gasteiger partial charge in [0.2, 0.25) is 0 Å². The van der Waals surface area contributed by atoms with E-state index in [9.17, 15) is 13.2 Å². The van der Waals surface area contributed by atoms with Crippen molar-refractivity contribution in [1.82, 2.24) is 14.5 Å². The number of hydrogen-bond donors (Lipinski definition) is 0. The molecule has 3 aromatic carbocycles. The van der Waals surface area contributed by atoms with Crippen molar-refractivity contribution in [2.45, 2.75) is 11.7 Å². The monoisotopic (exact) mass is 455 g/mol. The Bertz CT molecular complexity index is 1280. The summed E-state index contributed by atoms with van der Waals surface area (Å²) in [5.41, 5.74) is 2.11. The van der Waals surface area contributed by atoms with E-state index in [1.54, 1.807) is 12.5 Å². The van der Waals surface area contributed by atoms with Crippen molar-refractivity contribution in [2.24, 2.45) is 0 Å². The zero-order chi connectivity index (χ0) is 23.6. The van der Waals surface area contributed by atoms with Crippen molar-refractivity contribution in [3.05, 3.63) is 144 Å². The molecule has 0 atom stereocenters. The van der Waals surface area contributed by atoms with Gasteiger partial charge in [0.15, 0.2) is 0 Å². The van der Waals surface area contributed by atoms with Crippen molar-refractivity contribution in [3.63, 3.8) is 0 Å². The summed E-state index contributed by atoms with van der Waals surface area (Å²) in [4.78, 5) is 8.31. The van der Waals surface area contributed by atoms with E-state index in [-0.39, 0.29) is 0 Å². The van der Waals surface area contributed by atoms with Gasteiger partial charge in [-0.2, -0.15) is 13.2 Å². The normalized spacial score (nSPS) is 12.0. The van der Waals surface area contributed by atoms with Crippen LogP contribution < -0.4 is 0 Å². The Balaban J connectivity index is 1.76. The number of hydrogen-bond acceptors (Lipinski definition) is 2. The number of benzene rings is 3. The summed E-state index contributed by atoms with van der Waals surface area (Å²) in [6.07, 6.45) is 1.19. The zero-order valence-electron chi connectivity index (χ0n) is 18.0. The van der Waals surface area contributed by atoms with E-state index in [1.165, 1.54) is 6.20 Å². The average Bonchev–Trinajstić information content (AvgIpc) is 3.37. The summed E-state index contributed by atoms with van der Waals surface area (Å²) in [7, 11) is 0. The lowest BCUT2D eigenvalue weighted by atomic mass is 9.77. The Morgan fingerprint density at radius 1 is 0.618 bits per heavy atom. The SMILES string of the molecule is FC(F)(F)c1cncc(-c2cn(C(c3ccccc3)(c3ccccc3)c3ccccc3)cn2)c1. The fourth-order valence-electron chi connectivity index (χ4n) is 4.38. The number of imidazole rings is 1. The molecule has 0 fully saturated rings. The highest BCUT2D eigenvalue weighted by molar-refractivity contribution is 5.59. The number of pyridine rings is 1. The molecule has 0 bridgehead atoms. The van der Waals surface area contributed by atoms with Gasteiger partial charge in [-0.25, -0.2) is 4.98 Å². The largest absolute Gasteiger partial charge is 0.417 e. The van der Waals surface area contributed by atoms with Crippen molar-refractivity contribution < 1.29 is 13.2 Å². The molecule has 0 N–H and O–H groups in total. The minimum absolute atomic E-state index is 0.302. The van der Waals surface area contributed by atoms with Crippen LogP contribution in [0.5, 0.6) is 0 Å². The van der Waals surface area contributed by atoms with Gasteiger partial charge < -0.3 is 4.57 Å². The van der Waals surface area contributed by atoms with Gasteiger partial charge in [-0.3, -0.25) is 4.98 Å². The maximum atomic E-state index is 13.3. The van der Waals surface area contributed by atoms with E-state index in [0.717, 1.165) is 29.0 Å². The van der Waals surface area contributed by atoms with Gasteiger partial charge in [0.1, 0.15) is 5.54 Å². The third kappa shape index (κ3) is 3.77. The van der Waals surface area contributed by atoms with E-state index in [2.05, 4.69) is 9.97 Å². The van der Waals surface area contributed by atoms with Crippen LogP contribution >= 0.6 is 0 Å². The van der Waals surface area contributed by atoms with E-state index in [1.807, 2.05) is 95.6 Å². The van der Waals surface area contributed by atoms with Gasteiger partial charge in [-0.1, -0.05) is 91.0 Å². The van der Waals surface area contributed by atoms with Crippen LogP contribution in [0.25, 0.3) is 11.3 Å². The molecule has 0 saturated heterocycles. The fourth-order valence-corrected chi connectivity index (χ4v) is 4.38. The number of nitrogens with zero attached hydrogens (tertiary/aromatic N) is 3. The van der Waals surface area contributed by atoms with Gasteiger partial charge in [0.05, 0.1) is 17.6 Å². The van der Waals surface area contributed by atoms with E-state index < -0.39 is 17.3 Å². The highest BCUT2D eigenvalue weighted by atomic mass is 19.4. The van der Waals surface area contributed by atoms with E-state index in [4.69, 9.17) is 0 Å². The van der Waals surface area contributed by atoms with Crippen LogP contribution in [0.15, 0.2) is 122 Å². The molecular weight excluding hydrogens is 435 g/mol. The average molecular weight is 455 g/mol. The summed E-state index contributed by atoms with van der Waals surface area (Å²) in [6, 6.07) is 31.1. The molecule has 5 rings (SSSR count). The Labute approximate surface area is 195 Å². The molecule has 2 heterocycles. The molecule has 0 aliphatic rings. The predicted octanol–water partition coefficient (Wildman–Crippen LogP) is 6.80. The van der Waals surface area contributed by atoms with Crippen LogP contribution in [-0.2, 0) is 11.7 Å². The van der Waals surface area contributed by atoms with Crippen LogP contribution in [0.4, 0.5) is 13.2 Å². The van der Waals surface area contributed by atoms with Crippen LogP contribution in [0.2, 0.25) is 0 Å². The molecular formula is C28H20F3N3. The Hall–Kier alpha value is -4.19. The van der Waals surface area contributed by atoms with Crippen LogP contribution in [0.3, 0.4) is 0 Å². The maximum Gasteiger partial charge on any atom is 0.417 e. The fraction of sp³-hybridized carbons (Fsp3) is 0.0714. The predicted molar refractivity (Wildman–Crippen MR) is 125 cm³/mol. The third-order valence-corrected chi connectivity index (χ3v) is 5.91. The second kappa shape index (κ2) is 8.63. The molecule has 168 valence electrons. The molecule has 0 unspecified atom stereocenters. The summed E-state index contributed by atoms with van der Waals surface area (Å²) in [5, 5.41) is 0. The van der Waals surface area contributed by atoms with Gasteiger partial charge >= 0.3 is 6.18 Å². The van der Waals surface area contributed by atoms with Crippen molar-refractivity contribution >= 4 is 0 Å². The third-order valence-electron chi connectivity index (χ3n) is 5.91. The minimum atomic E-state index is -4.48. The van der Waals surface area contributed by atoms with Crippen molar-refractivity contribution in [3.8, 4) is 11.3 Å². The molecule has 0 spiro atoms. The first-order valence-corrected chi connectivity index (χ1v) is 10.7. The lowest BCUT2D eigenvalue weighted by molar-refractivity contribution is -0.137. The van der Waals surface area contributed by atoms with E-state index >= 15 is 0 Å². The van der Waals surface area contributed by atoms with Crippen molar-refractivity contribution in [1.29, 1.82) is 0 Å². The molecule has 5 aromatic rings. The topological polar surface area (TPSA) is 30.7 Å². The molecule has 3 nitrogen and oxygen atoms in total. The molecule has 0 saturated carbocycles. The quantitative estimate of drug-likeness (QED) is 0.273. The first kappa shape index (κ1) is 21.6.